The summed E-state index contributed by atoms with van der Waals surface area (Å²) in [7, 11) is 0. The highest BCUT2D eigenvalue weighted by atomic mass is 19.3. The van der Waals surface area contributed by atoms with Crippen LogP contribution in [0.1, 0.15) is 24.5 Å². The Morgan fingerprint density at radius 1 is 1.33 bits per heavy atom. The number of rotatable bonds is 8. The van der Waals surface area contributed by atoms with E-state index in [1.54, 1.807) is 13.0 Å². The van der Waals surface area contributed by atoms with Crippen molar-refractivity contribution in [3.63, 3.8) is 0 Å². The van der Waals surface area contributed by atoms with Gasteiger partial charge in [0.25, 0.3) is 0 Å². The first-order valence-corrected chi connectivity index (χ1v) is 6.36. The van der Waals surface area contributed by atoms with Crippen molar-refractivity contribution in [2.75, 3.05) is 6.61 Å². The molecule has 1 aromatic rings. The Bertz CT molecular complexity index is 502. The van der Waals surface area contributed by atoms with Gasteiger partial charge in [0.2, 0.25) is 0 Å². The lowest BCUT2D eigenvalue weighted by molar-refractivity contribution is -0.143. The third kappa shape index (κ3) is 6.20. The van der Waals surface area contributed by atoms with E-state index in [4.69, 9.17) is 9.84 Å². The first-order valence-electron chi connectivity index (χ1n) is 6.36. The molecule has 0 heterocycles. The van der Waals surface area contributed by atoms with Crippen LogP contribution in [-0.4, -0.2) is 30.3 Å². The minimum absolute atomic E-state index is 0.111. The molecular weight excluding hydrogens is 286 g/mol. The molecule has 1 aromatic carbocycles. The monoisotopic (exact) mass is 302 g/mol. The van der Waals surface area contributed by atoms with E-state index in [1.165, 1.54) is 12.1 Å². The smallest absolute Gasteiger partial charge is 0.387 e. The molecule has 0 aliphatic heterocycles. The van der Waals surface area contributed by atoms with E-state index < -0.39 is 19.0 Å². The number of ether oxygens (including phenoxy) is 2. The summed E-state index contributed by atoms with van der Waals surface area (Å²) in [6.07, 6.45) is -0.00771. The third-order valence-electron chi connectivity index (χ3n) is 2.61. The van der Waals surface area contributed by atoms with Crippen molar-refractivity contribution in [3.8, 4) is 5.75 Å². The fourth-order valence-corrected chi connectivity index (χ4v) is 1.75. The number of hydrogen-bond acceptors (Lipinski definition) is 4. The Labute approximate surface area is 120 Å². The van der Waals surface area contributed by atoms with Gasteiger partial charge in [-0.15, -0.1) is 0 Å². The molecule has 0 aliphatic carbocycles. The second-order valence-corrected chi connectivity index (χ2v) is 4.20. The molecule has 0 saturated carbocycles. The average Bonchev–Trinajstić information content (AvgIpc) is 2.38. The van der Waals surface area contributed by atoms with Crippen LogP contribution < -0.4 is 4.74 Å². The highest BCUT2D eigenvalue weighted by Crippen LogP contribution is 2.24. The largest absolute Gasteiger partial charge is 0.481 e. The van der Waals surface area contributed by atoms with Crippen molar-refractivity contribution < 1.29 is 33.0 Å². The van der Waals surface area contributed by atoms with Gasteiger partial charge in [-0.1, -0.05) is 12.1 Å². The molecule has 21 heavy (non-hydrogen) atoms. The standard InChI is InChI=1S/C14H16F2O5/c1-2-20-13(19)6-4-9-3-5-10(8-12(17)18)11(7-9)21-14(15)16/h3,5,7,14H,2,4,6,8H2,1H3,(H,17,18). The van der Waals surface area contributed by atoms with Gasteiger partial charge in [-0.05, 0) is 25.0 Å². The third-order valence-corrected chi connectivity index (χ3v) is 2.61. The van der Waals surface area contributed by atoms with Gasteiger partial charge in [0.05, 0.1) is 13.0 Å². The Morgan fingerprint density at radius 3 is 2.62 bits per heavy atom. The van der Waals surface area contributed by atoms with E-state index in [2.05, 4.69) is 4.74 Å². The summed E-state index contributed by atoms with van der Waals surface area (Å²) in [5, 5.41) is 8.73. The average molecular weight is 302 g/mol. The predicted molar refractivity (Wildman–Crippen MR) is 69.4 cm³/mol. The van der Waals surface area contributed by atoms with Gasteiger partial charge < -0.3 is 14.6 Å². The molecule has 0 fully saturated rings. The highest BCUT2D eigenvalue weighted by Gasteiger charge is 2.14. The molecule has 0 saturated heterocycles. The van der Waals surface area contributed by atoms with E-state index in [-0.39, 0.29) is 30.3 Å². The lowest BCUT2D eigenvalue weighted by Gasteiger charge is -2.11. The molecule has 1 rings (SSSR count). The number of halogens is 2. The summed E-state index contributed by atoms with van der Waals surface area (Å²) >= 11 is 0. The van der Waals surface area contributed by atoms with Crippen LogP contribution >= 0.6 is 0 Å². The van der Waals surface area contributed by atoms with Crippen molar-refractivity contribution in [3.05, 3.63) is 29.3 Å². The summed E-state index contributed by atoms with van der Waals surface area (Å²) in [5.74, 6) is -1.72. The second kappa shape index (κ2) is 8.18. The van der Waals surface area contributed by atoms with Crippen molar-refractivity contribution in [1.82, 2.24) is 0 Å². The summed E-state index contributed by atoms with van der Waals surface area (Å²) in [6.45, 7) is -1.08. The molecule has 0 amide bonds. The molecule has 0 unspecified atom stereocenters. The Balaban J connectivity index is 2.82. The number of carbonyl (C=O) groups excluding carboxylic acids is 1. The van der Waals surface area contributed by atoms with Gasteiger partial charge >= 0.3 is 18.6 Å². The quantitative estimate of drug-likeness (QED) is 0.747. The molecule has 0 atom stereocenters. The minimum Gasteiger partial charge on any atom is -0.481 e. The van der Waals surface area contributed by atoms with Gasteiger partial charge in [-0.3, -0.25) is 9.59 Å². The zero-order valence-electron chi connectivity index (χ0n) is 11.5. The zero-order valence-corrected chi connectivity index (χ0v) is 11.5. The number of hydrogen-bond donors (Lipinski definition) is 1. The van der Waals surface area contributed by atoms with Gasteiger partial charge in [0.1, 0.15) is 5.75 Å². The summed E-state index contributed by atoms with van der Waals surface area (Å²) in [6, 6.07) is 4.31. The molecule has 1 N–H and O–H groups in total. The number of aryl methyl sites for hydroxylation is 1. The summed E-state index contributed by atoms with van der Waals surface area (Å²) < 4.78 is 33.8. The van der Waals surface area contributed by atoms with Crippen LogP contribution in [0.2, 0.25) is 0 Å². The number of aliphatic carboxylic acids is 1. The van der Waals surface area contributed by atoms with Crippen LogP contribution in [-0.2, 0) is 27.2 Å². The van der Waals surface area contributed by atoms with E-state index in [0.29, 0.717) is 12.0 Å². The molecule has 0 aliphatic rings. The van der Waals surface area contributed by atoms with Crippen LogP contribution in [0.3, 0.4) is 0 Å². The molecule has 116 valence electrons. The summed E-state index contributed by atoms with van der Waals surface area (Å²) in [4.78, 5) is 21.9. The predicted octanol–water partition coefficient (Wildman–Crippen LogP) is 2.41. The van der Waals surface area contributed by atoms with E-state index in [1.807, 2.05) is 0 Å². The normalized spacial score (nSPS) is 10.5. The maximum absolute atomic E-state index is 12.3. The first-order chi connectivity index (χ1) is 9.92. The van der Waals surface area contributed by atoms with Crippen LogP contribution in [0.15, 0.2) is 18.2 Å². The number of benzene rings is 1. The molecule has 0 radical (unpaired) electrons. The number of alkyl halides is 2. The molecule has 7 heteroatoms. The number of esters is 1. The Hall–Kier alpha value is -2.18. The van der Waals surface area contributed by atoms with Crippen molar-refractivity contribution >= 4 is 11.9 Å². The van der Waals surface area contributed by atoms with Crippen LogP contribution in [0.5, 0.6) is 5.75 Å². The zero-order chi connectivity index (χ0) is 15.8. The second-order valence-electron chi connectivity index (χ2n) is 4.20. The SMILES string of the molecule is CCOC(=O)CCc1ccc(CC(=O)O)c(OC(F)F)c1. The molecule has 0 spiro atoms. The number of carbonyl (C=O) groups is 2. The van der Waals surface area contributed by atoms with Crippen molar-refractivity contribution in [2.45, 2.75) is 32.8 Å². The van der Waals surface area contributed by atoms with Gasteiger partial charge in [0, 0.05) is 12.0 Å². The molecule has 0 aromatic heterocycles. The summed E-state index contributed by atoms with van der Waals surface area (Å²) in [5.41, 5.74) is 0.746. The van der Waals surface area contributed by atoms with Crippen molar-refractivity contribution in [2.24, 2.45) is 0 Å². The van der Waals surface area contributed by atoms with Crippen LogP contribution in [0.25, 0.3) is 0 Å². The lowest BCUT2D eigenvalue weighted by Crippen LogP contribution is -2.09. The van der Waals surface area contributed by atoms with Crippen LogP contribution in [0.4, 0.5) is 8.78 Å². The van der Waals surface area contributed by atoms with Gasteiger partial charge in [0.15, 0.2) is 0 Å². The fraction of sp³-hybridized carbons (Fsp3) is 0.429. The molecule has 0 bridgehead atoms. The maximum atomic E-state index is 12.3. The van der Waals surface area contributed by atoms with Crippen molar-refractivity contribution in [1.29, 1.82) is 0 Å². The van der Waals surface area contributed by atoms with E-state index >= 15 is 0 Å². The fourth-order valence-electron chi connectivity index (χ4n) is 1.75. The van der Waals surface area contributed by atoms with Crippen LogP contribution in [0, 0.1) is 0 Å². The maximum Gasteiger partial charge on any atom is 0.387 e. The molecular formula is C14H16F2O5. The Morgan fingerprint density at radius 2 is 2.05 bits per heavy atom. The number of carboxylic acid groups (broad SMARTS) is 1. The lowest BCUT2D eigenvalue weighted by atomic mass is 10.0. The topological polar surface area (TPSA) is 72.8 Å². The highest BCUT2D eigenvalue weighted by molar-refractivity contribution is 5.71. The van der Waals surface area contributed by atoms with Gasteiger partial charge in [-0.25, -0.2) is 0 Å². The first kappa shape index (κ1) is 16.9. The Kier molecular flexibility index (Phi) is 6.58. The van der Waals surface area contributed by atoms with E-state index in [0.717, 1.165) is 0 Å². The van der Waals surface area contributed by atoms with E-state index in [9.17, 15) is 18.4 Å². The van der Waals surface area contributed by atoms with Gasteiger partial charge in [-0.2, -0.15) is 8.78 Å². The number of carboxylic acids is 1. The molecule has 5 nitrogen and oxygen atoms in total. The minimum atomic E-state index is -3.04.